The first kappa shape index (κ1) is 19.0. The molecule has 7 nitrogen and oxygen atoms in total. The van der Waals surface area contributed by atoms with Gasteiger partial charge in [0.1, 0.15) is 25.5 Å². The van der Waals surface area contributed by atoms with E-state index in [0.29, 0.717) is 62.3 Å². The number of ether oxygens (including phenoxy) is 2. The zero-order valence-electron chi connectivity index (χ0n) is 15.9. The van der Waals surface area contributed by atoms with Crippen molar-refractivity contribution in [2.75, 3.05) is 49.6 Å². The lowest BCUT2D eigenvalue weighted by atomic mass is 10.2. The Labute approximate surface area is 168 Å². The quantitative estimate of drug-likeness (QED) is 0.799. The number of piperazine rings is 1. The molecule has 1 saturated heterocycles. The summed E-state index contributed by atoms with van der Waals surface area (Å²) < 4.78 is 24.9. The molecule has 29 heavy (non-hydrogen) atoms. The third-order valence-electron chi connectivity index (χ3n) is 4.96. The molecule has 4 rings (SSSR count). The first-order valence-corrected chi connectivity index (χ1v) is 9.57. The largest absolute Gasteiger partial charge is 0.486 e. The van der Waals surface area contributed by atoms with E-state index in [1.54, 1.807) is 41.3 Å². The van der Waals surface area contributed by atoms with Crippen LogP contribution in [-0.2, 0) is 9.59 Å². The summed E-state index contributed by atoms with van der Waals surface area (Å²) in [4.78, 5) is 28.3. The lowest BCUT2D eigenvalue weighted by molar-refractivity contribution is -0.134. The first-order valence-electron chi connectivity index (χ1n) is 9.57. The molecule has 0 atom stereocenters. The number of hydrogen-bond acceptors (Lipinski definition) is 5. The highest BCUT2D eigenvalue weighted by molar-refractivity contribution is 6.03. The topological polar surface area (TPSA) is 71.1 Å². The highest BCUT2D eigenvalue weighted by Crippen LogP contribution is 2.32. The van der Waals surface area contributed by atoms with Crippen LogP contribution in [0.2, 0.25) is 0 Å². The molecular formula is C21H22FN3O4. The summed E-state index contributed by atoms with van der Waals surface area (Å²) in [5, 5.41) is 2.72. The molecule has 0 spiro atoms. The summed E-state index contributed by atoms with van der Waals surface area (Å²) in [7, 11) is 0. The average Bonchev–Trinajstić information content (AvgIpc) is 2.74. The van der Waals surface area contributed by atoms with Gasteiger partial charge in [0.15, 0.2) is 11.5 Å². The molecule has 0 aromatic heterocycles. The van der Waals surface area contributed by atoms with Gasteiger partial charge >= 0.3 is 0 Å². The van der Waals surface area contributed by atoms with Crippen molar-refractivity contribution in [1.82, 2.24) is 4.90 Å². The number of halogens is 1. The monoisotopic (exact) mass is 399 g/mol. The minimum Gasteiger partial charge on any atom is -0.486 e. The van der Waals surface area contributed by atoms with Crippen LogP contribution >= 0.6 is 0 Å². The lowest BCUT2D eigenvalue weighted by Crippen LogP contribution is -2.49. The smallest absolute Gasteiger partial charge is 0.233 e. The molecule has 2 heterocycles. The van der Waals surface area contributed by atoms with Gasteiger partial charge in [0.05, 0.1) is 5.69 Å². The Morgan fingerprint density at radius 2 is 1.69 bits per heavy atom. The number of para-hydroxylation sites is 1. The summed E-state index contributed by atoms with van der Waals surface area (Å²) in [6, 6.07) is 11.7. The van der Waals surface area contributed by atoms with Gasteiger partial charge in [-0.15, -0.1) is 0 Å². The van der Waals surface area contributed by atoms with Crippen molar-refractivity contribution in [3.05, 3.63) is 48.3 Å². The molecule has 0 unspecified atom stereocenters. The maximum Gasteiger partial charge on any atom is 0.233 e. The van der Waals surface area contributed by atoms with Crippen LogP contribution in [-0.4, -0.2) is 56.1 Å². The van der Waals surface area contributed by atoms with Crippen LogP contribution in [0.1, 0.15) is 6.42 Å². The van der Waals surface area contributed by atoms with Crippen molar-refractivity contribution in [3.63, 3.8) is 0 Å². The summed E-state index contributed by atoms with van der Waals surface area (Å²) >= 11 is 0. The van der Waals surface area contributed by atoms with Crippen LogP contribution in [0.3, 0.4) is 0 Å². The van der Waals surface area contributed by atoms with E-state index in [1.165, 1.54) is 6.07 Å². The van der Waals surface area contributed by atoms with Gasteiger partial charge in [-0.1, -0.05) is 12.1 Å². The Kier molecular flexibility index (Phi) is 5.50. The number of carbonyl (C=O) groups excluding carboxylic acids is 2. The van der Waals surface area contributed by atoms with Crippen molar-refractivity contribution < 1.29 is 23.5 Å². The molecule has 0 saturated carbocycles. The number of hydrogen-bond donors (Lipinski definition) is 1. The molecule has 2 aromatic carbocycles. The van der Waals surface area contributed by atoms with Gasteiger partial charge in [-0.2, -0.15) is 0 Å². The van der Waals surface area contributed by atoms with Crippen LogP contribution < -0.4 is 19.7 Å². The van der Waals surface area contributed by atoms with Crippen LogP contribution in [0.5, 0.6) is 11.5 Å². The van der Waals surface area contributed by atoms with Gasteiger partial charge in [0.2, 0.25) is 11.8 Å². The van der Waals surface area contributed by atoms with Gasteiger partial charge in [0.25, 0.3) is 0 Å². The second kappa shape index (κ2) is 8.38. The molecule has 1 fully saturated rings. The van der Waals surface area contributed by atoms with E-state index >= 15 is 0 Å². The van der Waals surface area contributed by atoms with E-state index in [9.17, 15) is 14.0 Å². The maximum atomic E-state index is 13.9. The summed E-state index contributed by atoms with van der Waals surface area (Å²) in [6.07, 6.45) is -0.242. The number of rotatable bonds is 4. The molecule has 0 bridgehead atoms. The Morgan fingerprint density at radius 1 is 0.966 bits per heavy atom. The molecule has 8 heteroatoms. The van der Waals surface area contributed by atoms with Gasteiger partial charge in [-0.25, -0.2) is 4.39 Å². The number of anilines is 2. The van der Waals surface area contributed by atoms with Gasteiger partial charge < -0.3 is 24.6 Å². The summed E-state index contributed by atoms with van der Waals surface area (Å²) in [5.41, 5.74) is 1.09. The van der Waals surface area contributed by atoms with Crippen molar-refractivity contribution in [2.45, 2.75) is 6.42 Å². The Hall–Kier alpha value is -3.29. The average molecular weight is 399 g/mol. The zero-order valence-corrected chi connectivity index (χ0v) is 15.9. The SMILES string of the molecule is O=C(CC(=O)N1CCN(c2ccccc2F)CC1)Nc1ccc2c(c1)OCCO2. The first-order chi connectivity index (χ1) is 14.1. The molecule has 2 amide bonds. The predicted octanol–water partition coefficient (Wildman–Crippen LogP) is 2.27. The fourth-order valence-electron chi connectivity index (χ4n) is 3.48. The van der Waals surface area contributed by atoms with E-state index in [-0.39, 0.29) is 24.1 Å². The number of benzene rings is 2. The van der Waals surface area contributed by atoms with Crippen molar-refractivity contribution in [1.29, 1.82) is 0 Å². The maximum absolute atomic E-state index is 13.9. The number of fused-ring (bicyclic) bond motifs is 1. The fraction of sp³-hybridized carbons (Fsp3) is 0.333. The van der Waals surface area contributed by atoms with E-state index in [2.05, 4.69) is 5.32 Å². The minimum absolute atomic E-state index is 0.242. The zero-order chi connectivity index (χ0) is 20.2. The molecule has 0 aliphatic carbocycles. The second-order valence-electron chi connectivity index (χ2n) is 6.90. The number of nitrogens with zero attached hydrogens (tertiary/aromatic N) is 2. The van der Waals surface area contributed by atoms with Gasteiger partial charge in [0, 0.05) is 37.9 Å². The summed E-state index contributed by atoms with van der Waals surface area (Å²) in [6.45, 7) is 2.90. The number of carbonyl (C=O) groups is 2. The van der Waals surface area contributed by atoms with Crippen molar-refractivity contribution in [2.24, 2.45) is 0 Å². The normalized spacial score (nSPS) is 15.8. The van der Waals surface area contributed by atoms with Gasteiger partial charge in [-0.05, 0) is 24.3 Å². The highest BCUT2D eigenvalue weighted by Gasteiger charge is 2.24. The third kappa shape index (κ3) is 4.42. The van der Waals surface area contributed by atoms with E-state index in [4.69, 9.17) is 9.47 Å². The molecular weight excluding hydrogens is 377 g/mol. The van der Waals surface area contributed by atoms with Crippen molar-refractivity contribution in [3.8, 4) is 11.5 Å². The van der Waals surface area contributed by atoms with Gasteiger partial charge in [-0.3, -0.25) is 9.59 Å². The summed E-state index contributed by atoms with van der Waals surface area (Å²) in [5.74, 6) is 0.310. The van der Waals surface area contributed by atoms with Crippen molar-refractivity contribution >= 4 is 23.2 Å². The fourth-order valence-corrected chi connectivity index (χ4v) is 3.48. The van der Waals surface area contributed by atoms with Crippen LogP contribution in [0.15, 0.2) is 42.5 Å². The molecule has 0 radical (unpaired) electrons. The molecule has 2 aromatic rings. The van der Waals surface area contributed by atoms with E-state index < -0.39 is 0 Å². The van der Waals surface area contributed by atoms with Crippen LogP contribution in [0.4, 0.5) is 15.8 Å². The molecule has 152 valence electrons. The Bertz CT molecular complexity index is 913. The Morgan fingerprint density at radius 3 is 2.45 bits per heavy atom. The van der Waals surface area contributed by atoms with E-state index in [0.717, 1.165) is 0 Å². The lowest BCUT2D eigenvalue weighted by Gasteiger charge is -2.36. The molecule has 2 aliphatic heterocycles. The van der Waals surface area contributed by atoms with Crippen LogP contribution in [0, 0.1) is 5.82 Å². The number of amides is 2. The Balaban J connectivity index is 1.28. The molecule has 1 N–H and O–H groups in total. The van der Waals surface area contributed by atoms with Crippen LogP contribution in [0.25, 0.3) is 0 Å². The predicted molar refractivity (Wildman–Crippen MR) is 106 cm³/mol. The number of nitrogens with one attached hydrogen (secondary N) is 1. The van der Waals surface area contributed by atoms with E-state index in [1.807, 2.05) is 4.90 Å². The molecule has 2 aliphatic rings. The standard InChI is InChI=1S/C21H22FN3O4/c22-16-3-1-2-4-17(16)24-7-9-25(10-8-24)21(27)14-20(26)23-15-5-6-18-19(13-15)29-12-11-28-18/h1-6,13H,7-12,14H2,(H,23,26). The second-order valence-corrected chi connectivity index (χ2v) is 6.90. The highest BCUT2D eigenvalue weighted by atomic mass is 19.1. The minimum atomic E-state index is -0.386. The third-order valence-corrected chi connectivity index (χ3v) is 4.96.